The van der Waals surface area contributed by atoms with Crippen LogP contribution < -0.4 is 10.6 Å². The number of rotatable bonds is 7. The summed E-state index contributed by atoms with van der Waals surface area (Å²) in [5.41, 5.74) is 2.73. The molecule has 138 valence electrons. The zero-order valence-electron chi connectivity index (χ0n) is 15.6. The van der Waals surface area contributed by atoms with Gasteiger partial charge in [0, 0.05) is 13.0 Å². The summed E-state index contributed by atoms with van der Waals surface area (Å²) in [6.45, 7) is 4.32. The number of benzene rings is 1. The van der Waals surface area contributed by atoms with Gasteiger partial charge in [0.05, 0.1) is 6.04 Å². The van der Waals surface area contributed by atoms with Gasteiger partial charge in [0.15, 0.2) is 0 Å². The fraction of sp³-hybridized carbons (Fsp3) is 0.667. The first-order chi connectivity index (χ1) is 12.3. The molecule has 1 heterocycles. The predicted octanol–water partition coefficient (Wildman–Crippen LogP) is 2.89. The fourth-order valence-corrected chi connectivity index (χ4v) is 4.28. The number of likely N-dealkylation sites (tertiary alicyclic amines) is 1. The molecule has 2 aliphatic rings. The van der Waals surface area contributed by atoms with Crippen molar-refractivity contribution >= 4 is 5.91 Å². The highest BCUT2D eigenvalue weighted by atomic mass is 16.1. The van der Waals surface area contributed by atoms with E-state index in [-0.39, 0.29) is 11.9 Å². The average molecular weight is 344 g/mol. The SMILES string of the molecule is CNCCC1CCN(CCC(=O)NC2CCCc3ccccc32)CC1. The lowest BCUT2D eigenvalue weighted by Gasteiger charge is -2.32. The van der Waals surface area contributed by atoms with Crippen molar-refractivity contribution in [2.75, 3.05) is 33.2 Å². The Hall–Kier alpha value is -1.39. The van der Waals surface area contributed by atoms with Crippen LogP contribution in [0.2, 0.25) is 0 Å². The fourth-order valence-electron chi connectivity index (χ4n) is 4.28. The van der Waals surface area contributed by atoms with Gasteiger partial charge in [-0.05, 0) is 82.3 Å². The summed E-state index contributed by atoms with van der Waals surface area (Å²) in [5.74, 6) is 1.07. The minimum atomic E-state index is 0.207. The number of amides is 1. The Balaban J connectivity index is 1.39. The first-order valence-corrected chi connectivity index (χ1v) is 10.0. The third-order valence-electron chi connectivity index (χ3n) is 5.87. The molecule has 1 aromatic rings. The molecule has 1 unspecified atom stereocenters. The maximum absolute atomic E-state index is 12.4. The van der Waals surface area contributed by atoms with E-state index in [1.807, 2.05) is 7.05 Å². The van der Waals surface area contributed by atoms with Gasteiger partial charge in [-0.15, -0.1) is 0 Å². The Kier molecular flexibility index (Phi) is 6.88. The van der Waals surface area contributed by atoms with E-state index < -0.39 is 0 Å². The molecule has 0 radical (unpaired) electrons. The van der Waals surface area contributed by atoms with E-state index in [4.69, 9.17) is 0 Å². The lowest BCUT2D eigenvalue weighted by atomic mass is 9.87. The van der Waals surface area contributed by atoms with Crippen molar-refractivity contribution in [3.8, 4) is 0 Å². The molecule has 1 aromatic carbocycles. The molecule has 0 aromatic heterocycles. The summed E-state index contributed by atoms with van der Waals surface area (Å²) in [5, 5.41) is 6.52. The van der Waals surface area contributed by atoms with E-state index in [9.17, 15) is 4.79 Å². The Bertz CT molecular complexity index is 552. The van der Waals surface area contributed by atoms with Gasteiger partial charge in [-0.3, -0.25) is 4.79 Å². The van der Waals surface area contributed by atoms with Crippen molar-refractivity contribution in [2.45, 2.75) is 51.0 Å². The summed E-state index contributed by atoms with van der Waals surface area (Å²) >= 11 is 0. The predicted molar refractivity (Wildman–Crippen MR) is 103 cm³/mol. The Labute approximate surface area is 152 Å². The molecule has 1 fully saturated rings. The number of hydrogen-bond donors (Lipinski definition) is 2. The number of carbonyl (C=O) groups is 1. The highest BCUT2D eigenvalue weighted by Gasteiger charge is 2.22. The molecular weight excluding hydrogens is 310 g/mol. The Morgan fingerprint density at radius 3 is 2.80 bits per heavy atom. The molecule has 25 heavy (non-hydrogen) atoms. The lowest BCUT2D eigenvalue weighted by Crippen LogP contribution is -2.38. The lowest BCUT2D eigenvalue weighted by molar-refractivity contribution is -0.122. The molecule has 1 aliphatic carbocycles. The van der Waals surface area contributed by atoms with Crippen molar-refractivity contribution in [3.05, 3.63) is 35.4 Å². The van der Waals surface area contributed by atoms with Gasteiger partial charge in [0.2, 0.25) is 5.91 Å². The van der Waals surface area contributed by atoms with Crippen LogP contribution in [0.25, 0.3) is 0 Å². The van der Waals surface area contributed by atoms with Crippen molar-refractivity contribution in [1.82, 2.24) is 15.5 Å². The van der Waals surface area contributed by atoms with Crippen LogP contribution in [0.1, 0.15) is 55.7 Å². The molecule has 3 rings (SSSR count). The van der Waals surface area contributed by atoms with Gasteiger partial charge in [-0.25, -0.2) is 0 Å². The van der Waals surface area contributed by atoms with Crippen molar-refractivity contribution in [2.24, 2.45) is 5.92 Å². The van der Waals surface area contributed by atoms with Crippen LogP contribution in [0.4, 0.5) is 0 Å². The molecular formula is C21H33N3O. The maximum atomic E-state index is 12.4. The van der Waals surface area contributed by atoms with Crippen LogP contribution in [0, 0.1) is 5.92 Å². The van der Waals surface area contributed by atoms with Gasteiger partial charge in [-0.2, -0.15) is 0 Å². The van der Waals surface area contributed by atoms with E-state index in [1.54, 1.807) is 0 Å². The van der Waals surface area contributed by atoms with E-state index in [0.717, 1.165) is 44.9 Å². The largest absolute Gasteiger partial charge is 0.349 e. The summed E-state index contributed by atoms with van der Waals surface area (Å²) in [7, 11) is 2.03. The van der Waals surface area contributed by atoms with Gasteiger partial charge in [0.25, 0.3) is 0 Å². The van der Waals surface area contributed by atoms with Crippen LogP contribution in [0.5, 0.6) is 0 Å². The number of nitrogens with one attached hydrogen (secondary N) is 2. The Morgan fingerprint density at radius 2 is 2.00 bits per heavy atom. The monoisotopic (exact) mass is 343 g/mol. The van der Waals surface area contributed by atoms with Crippen molar-refractivity contribution < 1.29 is 4.79 Å². The smallest absolute Gasteiger partial charge is 0.221 e. The standard InChI is InChI=1S/C21H33N3O/c1-22-13-9-17-10-14-24(15-11-17)16-12-21(25)23-20-8-4-6-18-5-2-3-7-19(18)20/h2-3,5,7,17,20,22H,4,6,8-16H2,1H3,(H,23,25). The highest BCUT2D eigenvalue weighted by molar-refractivity contribution is 5.76. The quantitative estimate of drug-likeness (QED) is 0.800. The zero-order chi connectivity index (χ0) is 17.5. The first-order valence-electron chi connectivity index (χ1n) is 10.0. The van der Waals surface area contributed by atoms with Crippen molar-refractivity contribution in [1.29, 1.82) is 0 Å². The third kappa shape index (κ3) is 5.29. The molecule has 1 saturated heterocycles. The van der Waals surface area contributed by atoms with E-state index >= 15 is 0 Å². The molecule has 4 heteroatoms. The molecule has 1 atom stereocenters. The summed E-state index contributed by atoms with van der Waals surface area (Å²) in [6.07, 6.45) is 7.84. The van der Waals surface area contributed by atoms with Crippen LogP contribution in [0.15, 0.2) is 24.3 Å². The third-order valence-corrected chi connectivity index (χ3v) is 5.87. The highest BCUT2D eigenvalue weighted by Crippen LogP contribution is 2.29. The Morgan fingerprint density at radius 1 is 1.20 bits per heavy atom. The number of piperidine rings is 1. The van der Waals surface area contributed by atoms with Crippen LogP contribution in [0.3, 0.4) is 0 Å². The average Bonchev–Trinajstić information content (AvgIpc) is 2.66. The van der Waals surface area contributed by atoms with Gasteiger partial charge >= 0.3 is 0 Å². The number of hydrogen-bond acceptors (Lipinski definition) is 3. The molecule has 0 bridgehead atoms. The molecule has 0 spiro atoms. The van der Waals surface area contributed by atoms with Gasteiger partial charge in [0.1, 0.15) is 0 Å². The second kappa shape index (κ2) is 9.35. The van der Waals surface area contributed by atoms with E-state index in [0.29, 0.717) is 6.42 Å². The maximum Gasteiger partial charge on any atom is 0.221 e. The number of aryl methyl sites for hydroxylation is 1. The van der Waals surface area contributed by atoms with Gasteiger partial charge < -0.3 is 15.5 Å². The molecule has 1 aliphatic heterocycles. The van der Waals surface area contributed by atoms with Crippen molar-refractivity contribution in [3.63, 3.8) is 0 Å². The minimum absolute atomic E-state index is 0.207. The molecule has 1 amide bonds. The van der Waals surface area contributed by atoms with Crippen LogP contribution >= 0.6 is 0 Å². The molecule has 2 N–H and O–H groups in total. The molecule has 0 saturated carbocycles. The number of fused-ring (bicyclic) bond motifs is 1. The summed E-state index contributed by atoms with van der Waals surface area (Å²) in [4.78, 5) is 14.9. The summed E-state index contributed by atoms with van der Waals surface area (Å²) in [6, 6.07) is 8.77. The molecule has 4 nitrogen and oxygen atoms in total. The number of nitrogens with zero attached hydrogens (tertiary/aromatic N) is 1. The zero-order valence-corrected chi connectivity index (χ0v) is 15.6. The van der Waals surface area contributed by atoms with E-state index in [2.05, 4.69) is 39.8 Å². The topological polar surface area (TPSA) is 44.4 Å². The minimum Gasteiger partial charge on any atom is -0.349 e. The number of carbonyl (C=O) groups excluding carboxylic acids is 1. The second-order valence-corrected chi connectivity index (χ2v) is 7.64. The first kappa shape index (κ1) is 18.4. The van der Waals surface area contributed by atoms with Gasteiger partial charge in [-0.1, -0.05) is 24.3 Å². The normalized spacial score (nSPS) is 21.7. The van der Waals surface area contributed by atoms with Crippen LogP contribution in [-0.4, -0.2) is 44.0 Å². The van der Waals surface area contributed by atoms with Crippen LogP contribution in [-0.2, 0) is 11.2 Å². The summed E-state index contributed by atoms with van der Waals surface area (Å²) < 4.78 is 0. The second-order valence-electron chi connectivity index (χ2n) is 7.64. The van der Waals surface area contributed by atoms with E-state index in [1.165, 1.54) is 36.8 Å².